The number of likely N-dealkylation sites (tertiary alicyclic amines) is 1. The van der Waals surface area contributed by atoms with Crippen LogP contribution in [0.15, 0.2) is 0 Å². The zero-order valence-electron chi connectivity index (χ0n) is 10.5. The number of fused-ring (bicyclic) bond motifs is 1. The number of thiazole rings is 1. The Morgan fingerprint density at radius 1 is 1.24 bits per heavy atom. The fourth-order valence-electron chi connectivity index (χ4n) is 2.91. The van der Waals surface area contributed by atoms with E-state index in [0.29, 0.717) is 0 Å². The van der Waals surface area contributed by atoms with Crippen molar-refractivity contribution in [2.24, 2.45) is 5.73 Å². The molecule has 0 spiro atoms. The summed E-state index contributed by atoms with van der Waals surface area (Å²) in [7, 11) is 2.19. The molecule has 4 heteroatoms. The molecule has 1 aromatic rings. The molecule has 0 amide bonds. The first-order valence-corrected chi connectivity index (χ1v) is 7.45. The van der Waals surface area contributed by atoms with Crippen LogP contribution in [-0.2, 0) is 18.4 Å². The van der Waals surface area contributed by atoms with Gasteiger partial charge in [0.25, 0.3) is 0 Å². The van der Waals surface area contributed by atoms with Crippen molar-refractivity contribution in [3.8, 4) is 0 Å². The highest BCUT2D eigenvalue weighted by Crippen LogP contribution is 2.37. The van der Waals surface area contributed by atoms with Crippen LogP contribution in [0.5, 0.6) is 0 Å². The predicted molar refractivity (Wildman–Crippen MR) is 71.4 cm³/mol. The first-order chi connectivity index (χ1) is 8.17. The minimum absolute atomic E-state index is 0.153. The molecule has 1 fully saturated rings. The Morgan fingerprint density at radius 2 is 2.12 bits per heavy atom. The van der Waals surface area contributed by atoms with Crippen molar-refractivity contribution >= 4 is 11.3 Å². The molecule has 1 atom stereocenters. The number of hydrogen-bond donors (Lipinski definition) is 1. The molecule has 2 N–H and O–H groups in total. The van der Waals surface area contributed by atoms with E-state index in [0.717, 1.165) is 19.4 Å². The molecule has 0 aromatic carbocycles. The van der Waals surface area contributed by atoms with Gasteiger partial charge in [0.1, 0.15) is 5.01 Å². The van der Waals surface area contributed by atoms with Gasteiger partial charge in [-0.25, -0.2) is 4.98 Å². The number of aromatic nitrogens is 1. The second kappa shape index (κ2) is 4.34. The molecule has 94 valence electrons. The monoisotopic (exact) mass is 251 g/mol. The van der Waals surface area contributed by atoms with Crippen molar-refractivity contribution in [2.45, 2.75) is 44.1 Å². The lowest BCUT2D eigenvalue weighted by molar-refractivity contribution is 0.329. The third kappa shape index (κ3) is 2.14. The Labute approximate surface area is 107 Å². The summed E-state index contributed by atoms with van der Waals surface area (Å²) in [6.07, 6.45) is 7.01. The first kappa shape index (κ1) is 11.6. The second-order valence-corrected chi connectivity index (χ2v) is 6.64. The van der Waals surface area contributed by atoms with Crippen molar-refractivity contribution < 1.29 is 0 Å². The minimum atomic E-state index is -0.153. The van der Waals surface area contributed by atoms with Gasteiger partial charge < -0.3 is 10.6 Å². The smallest absolute Gasteiger partial charge is 0.113 e. The van der Waals surface area contributed by atoms with Gasteiger partial charge >= 0.3 is 0 Å². The van der Waals surface area contributed by atoms with E-state index in [-0.39, 0.29) is 5.54 Å². The van der Waals surface area contributed by atoms with Gasteiger partial charge in [0.2, 0.25) is 0 Å². The predicted octanol–water partition coefficient (Wildman–Crippen LogP) is 1.90. The maximum absolute atomic E-state index is 6.62. The van der Waals surface area contributed by atoms with E-state index in [9.17, 15) is 0 Å². The Balaban J connectivity index is 1.85. The molecule has 17 heavy (non-hydrogen) atoms. The van der Waals surface area contributed by atoms with E-state index in [1.165, 1.54) is 47.8 Å². The van der Waals surface area contributed by atoms with E-state index >= 15 is 0 Å². The van der Waals surface area contributed by atoms with Crippen molar-refractivity contribution in [3.63, 3.8) is 0 Å². The number of rotatable bonds is 1. The molecule has 1 unspecified atom stereocenters. The van der Waals surface area contributed by atoms with E-state index in [1.54, 1.807) is 0 Å². The molecule has 3 rings (SSSR count). The van der Waals surface area contributed by atoms with Gasteiger partial charge in [0.15, 0.2) is 0 Å². The molecular formula is C13H21N3S. The summed E-state index contributed by atoms with van der Waals surface area (Å²) >= 11 is 1.88. The Morgan fingerprint density at radius 3 is 2.94 bits per heavy atom. The van der Waals surface area contributed by atoms with Crippen molar-refractivity contribution in [3.05, 3.63) is 15.6 Å². The highest BCUT2D eigenvalue weighted by molar-refractivity contribution is 7.12. The van der Waals surface area contributed by atoms with Gasteiger partial charge in [-0.2, -0.15) is 0 Å². The molecule has 0 radical (unpaired) electrons. The normalized spacial score (nSPS) is 30.2. The Bertz CT molecular complexity index is 393. The van der Waals surface area contributed by atoms with Crippen molar-refractivity contribution in [1.82, 2.24) is 9.88 Å². The lowest BCUT2D eigenvalue weighted by Gasteiger charge is -2.25. The molecule has 0 saturated carbocycles. The topological polar surface area (TPSA) is 42.1 Å². The second-order valence-electron chi connectivity index (χ2n) is 5.56. The average Bonchev–Trinajstić information content (AvgIpc) is 2.82. The largest absolute Gasteiger partial charge is 0.319 e. The molecule has 1 saturated heterocycles. The molecule has 1 aromatic heterocycles. The summed E-state index contributed by atoms with van der Waals surface area (Å²) in [6.45, 7) is 2.27. The quantitative estimate of drug-likeness (QED) is 0.829. The number of nitrogens with two attached hydrogens (primary N) is 1. The van der Waals surface area contributed by atoms with Gasteiger partial charge in [-0.1, -0.05) is 0 Å². The molecule has 1 aliphatic carbocycles. The van der Waals surface area contributed by atoms with Crippen LogP contribution in [-0.4, -0.2) is 30.0 Å². The molecular weight excluding hydrogens is 230 g/mol. The van der Waals surface area contributed by atoms with Gasteiger partial charge in [-0.15, -0.1) is 11.3 Å². The fourth-order valence-corrected chi connectivity index (χ4v) is 4.22. The van der Waals surface area contributed by atoms with E-state index in [1.807, 2.05) is 11.3 Å². The van der Waals surface area contributed by atoms with Crippen LogP contribution < -0.4 is 5.73 Å². The minimum Gasteiger partial charge on any atom is -0.319 e. The van der Waals surface area contributed by atoms with Gasteiger partial charge in [0, 0.05) is 4.88 Å². The van der Waals surface area contributed by atoms with Crippen LogP contribution in [0.2, 0.25) is 0 Å². The van der Waals surface area contributed by atoms with E-state index in [4.69, 9.17) is 10.7 Å². The fraction of sp³-hybridized carbons (Fsp3) is 0.769. The summed E-state index contributed by atoms with van der Waals surface area (Å²) < 4.78 is 0. The maximum atomic E-state index is 6.62. The van der Waals surface area contributed by atoms with Crippen LogP contribution in [0.4, 0.5) is 0 Å². The van der Waals surface area contributed by atoms with Crippen LogP contribution in [0, 0.1) is 0 Å². The maximum Gasteiger partial charge on any atom is 0.113 e. The van der Waals surface area contributed by atoms with Gasteiger partial charge in [0.05, 0.1) is 11.2 Å². The SMILES string of the molecule is CN1CCCC(N)(c2nc3c(s2)CCC3)CC1. The molecule has 2 aliphatic rings. The Kier molecular flexibility index (Phi) is 2.97. The zero-order valence-corrected chi connectivity index (χ0v) is 11.4. The lowest BCUT2D eigenvalue weighted by Crippen LogP contribution is -2.37. The number of nitrogens with zero attached hydrogens (tertiary/aromatic N) is 2. The molecule has 3 nitrogen and oxygen atoms in total. The first-order valence-electron chi connectivity index (χ1n) is 6.64. The lowest BCUT2D eigenvalue weighted by atomic mass is 9.92. The van der Waals surface area contributed by atoms with Crippen LogP contribution in [0.3, 0.4) is 0 Å². The number of aryl methyl sites for hydroxylation is 2. The third-order valence-electron chi connectivity index (χ3n) is 4.12. The summed E-state index contributed by atoms with van der Waals surface area (Å²) in [6, 6.07) is 0. The highest BCUT2D eigenvalue weighted by Gasteiger charge is 2.34. The van der Waals surface area contributed by atoms with E-state index < -0.39 is 0 Å². The zero-order chi connectivity index (χ0) is 11.9. The summed E-state index contributed by atoms with van der Waals surface area (Å²) in [5.74, 6) is 0. The van der Waals surface area contributed by atoms with Crippen molar-refractivity contribution in [1.29, 1.82) is 0 Å². The van der Waals surface area contributed by atoms with Crippen LogP contribution >= 0.6 is 11.3 Å². The summed E-state index contributed by atoms with van der Waals surface area (Å²) in [5.41, 5.74) is 7.81. The molecule has 0 bridgehead atoms. The van der Waals surface area contributed by atoms with E-state index in [2.05, 4.69) is 11.9 Å². The summed E-state index contributed by atoms with van der Waals surface area (Å²) in [4.78, 5) is 8.71. The molecule has 2 heterocycles. The third-order valence-corrected chi connectivity index (χ3v) is 5.50. The highest BCUT2D eigenvalue weighted by atomic mass is 32.1. The van der Waals surface area contributed by atoms with Gasteiger partial charge in [-0.05, 0) is 58.7 Å². The average molecular weight is 251 g/mol. The number of hydrogen-bond acceptors (Lipinski definition) is 4. The van der Waals surface area contributed by atoms with Crippen molar-refractivity contribution in [2.75, 3.05) is 20.1 Å². The van der Waals surface area contributed by atoms with Gasteiger partial charge in [-0.3, -0.25) is 0 Å². The van der Waals surface area contributed by atoms with Crippen LogP contribution in [0.1, 0.15) is 41.3 Å². The summed E-state index contributed by atoms with van der Waals surface area (Å²) in [5, 5.41) is 1.21. The molecule has 1 aliphatic heterocycles. The Hall–Kier alpha value is -0.450. The van der Waals surface area contributed by atoms with Crippen LogP contribution in [0.25, 0.3) is 0 Å². The standard InChI is InChI=1S/C13H21N3S/c1-16-8-3-6-13(14,7-9-16)12-15-10-4-2-5-11(10)17-12/h2-9,14H2,1H3.